The van der Waals surface area contributed by atoms with Crippen molar-refractivity contribution >= 4 is 28.5 Å². The van der Waals surface area contributed by atoms with Crippen molar-refractivity contribution in [3.05, 3.63) is 35.0 Å². The lowest BCUT2D eigenvalue weighted by Crippen LogP contribution is -2.15. The first kappa shape index (κ1) is 12.9. The highest BCUT2D eigenvalue weighted by molar-refractivity contribution is 6.36. The lowest BCUT2D eigenvalue weighted by atomic mass is 10.0. The van der Waals surface area contributed by atoms with Crippen LogP contribution in [0.5, 0.6) is 0 Å². The van der Waals surface area contributed by atoms with Gasteiger partial charge in [0.15, 0.2) is 6.10 Å². The number of benzene rings is 1. The Morgan fingerprint density at radius 3 is 2.94 bits per heavy atom. The molecule has 0 amide bonds. The number of nitrogens with zero attached hydrogens (tertiary/aromatic N) is 1. The number of hydrogen-bond acceptors (Lipinski definition) is 3. The van der Waals surface area contributed by atoms with Crippen LogP contribution in [0.15, 0.2) is 24.4 Å². The molecule has 0 radical (unpaired) electrons. The van der Waals surface area contributed by atoms with Crippen molar-refractivity contribution in [1.82, 2.24) is 4.57 Å². The number of hydrogen-bond donors (Lipinski definition) is 1. The van der Waals surface area contributed by atoms with Crippen LogP contribution in [0.1, 0.15) is 18.6 Å². The minimum Gasteiger partial charge on any atom is -0.464 e. The molecule has 0 aliphatic rings. The summed E-state index contributed by atoms with van der Waals surface area (Å²) in [7, 11) is 1.86. The lowest BCUT2D eigenvalue weighted by molar-refractivity contribution is -0.153. The first-order chi connectivity index (χ1) is 8.56. The van der Waals surface area contributed by atoms with Crippen LogP contribution in [-0.4, -0.2) is 22.2 Å². The standard InChI is InChI=1S/C13H14ClNO3/c1-3-18-13(17)12(16)8-5-4-6-10-11(8)9(14)7-15(10)2/h4-7,12,16H,3H2,1-2H3. The molecule has 1 atom stereocenters. The molecule has 0 aliphatic heterocycles. The Hall–Kier alpha value is -1.52. The third kappa shape index (κ3) is 2.09. The van der Waals surface area contributed by atoms with Crippen LogP contribution in [0.2, 0.25) is 5.02 Å². The number of rotatable bonds is 3. The zero-order valence-corrected chi connectivity index (χ0v) is 10.9. The van der Waals surface area contributed by atoms with E-state index in [0.29, 0.717) is 16.0 Å². The van der Waals surface area contributed by atoms with Crippen LogP contribution in [0.3, 0.4) is 0 Å². The van der Waals surface area contributed by atoms with E-state index in [4.69, 9.17) is 16.3 Å². The maximum Gasteiger partial charge on any atom is 0.339 e. The predicted octanol–water partition coefficient (Wildman–Crippen LogP) is 2.43. The van der Waals surface area contributed by atoms with Gasteiger partial charge in [-0.2, -0.15) is 0 Å². The molecule has 5 heteroatoms. The minimum absolute atomic E-state index is 0.231. The second-order valence-electron chi connectivity index (χ2n) is 3.98. The van der Waals surface area contributed by atoms with E-state index < -0.39 is 12.1 Å². The number of aliphatic hydroxyl groups excluding tert-OH is 1. The highest BCUT2D eigenvalue weighted by Gasteiger charge is 2.22. The van der Waals surface area contributed by atoms with Gasteiger partial charge in [-0.1, -0.05) is 23.7 Å². The molecule has 18 heavy (non-hydrogen) atoms. The number of fused-ring (bicyclic) bond motifs is 1. The summed E-state index contributed by atoms with van der Waals surface area (Å²) in [5, 5.41) is 11.2. The van der Waals surface area contributed by atoms with Crippen LogP contribution < -0.4 is 0 Å². The van der Waals surface area contributed by atoms with E-state index in [1.807, 2.05) is 17.7 Å². The fraction of sp³-hybridized carbons (Fsp3) is 0.308. The van der Waals surface area contributed by atoms with Gasteiger partial charge in [0, 0.05) is 29.7 Å². The molecule has 1 unspecified atom stereocenters. The first-order valence-electron chi connectivity index (χ1n) is 5.64. The van der Waals surface area contributed by atoms with Gasteiger partial charge < -0.3 is 14.4 Å². The summed E-state index contributed by atoms with van der Waals surface area (Å²) >= 11 is 6.12. The normalized spacial score (nSPS) is 12.7. The second kappa shape index (κ2) is 5.00. The number of carbonyl (C=O) groups excluding carboxylic acids is 1. The third-order valence-corrected chi connectivity index (χ3v) is 3.09. The molecule has 1 N–H and O–H groups in total. The van der Waals surface area contributed by atoms with Crippen molar-refractivity contribution in [3.8, 4) is 0 Å². The molecule has 0 spiro atoms. The molecule has 1 aromatic heterocycles. The number of aryl methyl sites for hydroxylation is 1. The lowest BCUT2D eigenvalue weighted by Gasteiger charge is -2.11. The van der Waals surface area contributed by atoms with Gasteiger partial charge in [0.2, 0.25) is 0 Å². The van der Waals surface area contributed by atoms with E-state index in [1.54, 1.807) is 25.3 Å². The van der Waals surface area contributed by atoms with Crippen LogP contribution in [0.4, 0.5) is 0 Å². The topological polar surface area (TPSA) is 51.5 Å². The molecular formula is C13H14ClNO3. The molecule has 1 aromatic carbocycles. The smallest absolute Gasteiger partial charge is 0.339 e. The van der Waals surface area contributed by atoms with Gasteiger partial charge in [0.25, 0.3) is 0 Å². The number of aromatic nitrogens is 1. The SMILES string of the molecule is CCOC(=O)C(O)c1cccc2c1c(Cl)cn2C. The Balaban J connectivity index is 2.54. The monoisotopic (exact) mass is 267 g/mol. The molecule has 1 heterocycles. The van der Waals surface area contributed by atoms with Crippen LogP contribution in [-0.2, 0) is 16.6 Å². The molecule has 0 saturated heterocycles. The van der Waals surface area contributed by atoms with Crippen LogP contribution in [0, 0.1) is 0 Å². The zero-order chi connectivity index (χ0) is 13.3. The average Bonchev–Trinajstić information content (AvgIpc) is 2.65. The largest absolute Gasteiger partial charge is 0.464 e. The Bertz CT molecular complexity index is 591. The Labute approximate surface area is 110 Å². The van der Waals surface area contributed by atoms with E-state index >= 15 is 0 Å². The molecule has 2 rings (SSSR count). The van der Waals surface area contributed by atoms with Gasteiger partial charge in [-0.25, -0.2) is 4.79 Å². The second-order valence-corrected chi connectivity index (χ2v) is 4.39. The number of carbonyl (C=O) groups is 1. The van der Waals surface area contributed by atoms with Gasteiger partial charge in [-0.05, 0) is 13.0 Å². The van der Waals surface area contributed by atoms with Gasteiger partial charge >= 0.3 is 5.97 Å². The third-order valence-electron chi connectivity index (χ3n) is 2.80. The van der Waals surface area contributed by atoms with Crippen LogP contribution in [0.25, 0.3) is 10.9 Å². The molecule has 4 nitrogen and oxygen atoms in total. The molecule has 0 bridgehead atoms. The van der Waals surface area contributed by atoms with E-state index in [-0.39, 0.29) is 6.61 Å². The summed E-state index contributed by atoms with van der Waals surface area (Å²) in [5.41, 5.74) is 1.33. The van der Waals surface area contributed by atoms with Crippen molar-refractivity contribution in [1.29, 1.82) is 0 Å². The summed E-state index contributed by atoms with van der Waals surface area (Å²) in [6.07, 6.45) is 0.432. The minimum atomic E-state index is -1.31. The molecule has 0 aliphatic carbocycles. The highest BCUT2D eigenvalue weighted by atomic mass is 35.5. The molecule has 2 aromatic rings. The highest BCUT2D eigenvalue weighted by Crippen LogP contribution is 2.32. The average molecular weight is 268 g/mol. The molecule has 0 saturated carbocycles. The number of halogens is 1. The maximum absolute atomic E-state index is 11.6. The van der Waals surface area contributed by atoms with Gasteiger partial charge in [0.05, 0.1) is 11.6 Å². The zero-order valence-electron chi connectivity index (χ0n) is 10.2. The van der Waals surface area contributed by atoms with Gasteiger partial charge in [0.1, 0.15) is 0 Å². The van der Waals surface area contributed by atoms with Gasteiger partial charge in [-0.15, -0.1) is 0 Å². The van der Waals surface area contributed by atoms with Crippen molar-refractivity contribution in [2.24, 2.45) is 7.05 Å². The molecule has 96 valence electrons. The van der Waals surface area contributed by atoms with E-state index in [9.17, 15) is 9.90 Å². The summed E-state index contributed by atoms with van der Waals surface area (Å²) < 4.78 is 6.66. The molecular weight excluding hydrogens is 254 g/mol. The Morgan fingerprint density at radius 2 is 2.28 bits per heavy atom. The van der Waals surface area contributed by atoms with Crippen molar-refractivity contribution in [2.45, 2.75) is 13.0 Å². The van der Waals surface area contributed by atoms with E-state index in [2.05, 4.69) is 0 Å². The number of esters is 1. The first-order valence-corrected chi connectivity index (χ1v) is 6.02. The summed E-state index contributed by atoms with van der Waals surface area (Å²) in [4.78, 5) is 11.6. The summed E-state index contributed by atoms with van der Waals surface area (Å²) in [6.45, 7) is 1.93. The number of aliphatic hydroxyl groups is 1. The van der Waals surface area contributed by atoms with Crippen LogP contribution >= 0.6 is 11.6 Å². The fourth-order valence-corrected chi connectivity index (χ4v) is 2.34. The molecule has 0 fully saturated rings. The maximum atomic E-state index is 11.6. The van der Waals surface area contributed by atoms with E-state index in [0.717, 1.165) is 5.52 Å². The van der Waals surface area contributed by atoms with Crippen molar-refractivity contribution in [2.75, 3.05) is 6.61 Å². The van der Waals surface area contributed by atoms with Gasteiger partial charge in [-0.3, -0.25) is 0 Å². The van der Waals surface area contributed by atoms with E-state index in [1.165, 1.54) is 0 Å². The quantitative estimate of drug-likeness (QED) is 0.869. The fourth-order valence-electron chi connectivity index (χ4n) is 1.99. The number of ether oxygens (including phenoxy) is 1. The predicted molar refractivity (Wildman–Crippen MR) is 69.5 cm³/mol. The Morgan fingerprint density at radius 1 is 1.56 bits per heavy atom. The summed E-state index contributed by atoms with van der Waals surface area (Å²) in [5.74, 6) is -0.662. The Kier molecular flexibility index (Phi) is 3.59. The summed E-state index contributed by atoms with van der Waals surface area (Å²) in [6, 6.07) is 5.33. The van der Waals surface area contributed by atoms with Crippen molar-refractivity contribution < 1.29 is 14.6 Å². The van der Waals surface area contributed by atoms with Crippen molar-refractivity contribution in [3.63, 3.8) is 0 Å².